The average Bonchev–Trinajstić information content (AvgIpc) is 2.38. The molecule has 1 saturated heterocycles. The number of hydrogen-bond donors (Lipinski definition) is 0. The topological polar surface area (TPSA) is 70.2 Å². The molecule has 1 fully saturated rings. The number of hydrogen-bond acceptors (Lipinski definition) is 5. The lowest BCUT2D eigenvalue weighted by atomic mass is 10.0. The molecule has 0 N–H and O–H groups in total. The van der Waals surface area contributed by atoms with Crippen molar-refractivity contribution in [3.8, 4) is 0 Å². The zero-order valence-electron chi connectivity index (χ0n) is 12.9. The van der Waals surface area contributed by atoms with Crippen LogP contribution in [0.4, 0.5) is 0 Å². The van der Waals surface area contributed by atoms with E-state index in [-0.39, 0.29) is 18.5 Å². The first-order chi connectivity index (χ1) is 9.11. The van der Waals surface area contributed by atoms with Gasteiger partial charge in [0.15, 0.2) is 0 Å². The molecule has 20 heavy (non-hydrogen) atoms. The van der Waals surface area contributed by atoms with Gasteiger partial charge in [-0.25, -0.2) is 0 Å². The molecule has 1 heterocycles. The van der Waals surface area contributed by atoms with Crippen molar-refractivity contribution < 1.29 is 17.9 Å². The van der Waals surface area contributed by atoms with E-state index >= 15 is 0 Å². The molecule has 0 unspecified atom stereocenters. The number of nitrogens with zero attached hydrogens (tertiary/aromatic N) is 3. The highest BCUT2D eigenvalue weighted by Gasteiger charge is 2.38. The molecule has 0 radical (unpaired) electrons. The Balaban J connectivity index is 2.71. The van der Waals surface area contributed by atoms with Crippen LogP contribution in [0.1, 0.15) is 20.3 Å². The highest BCUT2D eigenvalue weighted by atomic mass is 32.2. The third-order valence-electron chi connectivity index (χ3n) is 3.86. The summed E-state index contributed by atoms with van der Waals surface area (Å²) in [4.78, 5) is 13.2. The summed E-state index contributed by atoms with van der Waals surface area (Å²) in [6.45, 7) is 5.75. The van der Waals surface area contributed by atoms with Crippen LogP contribution < -0.4 is 0 Å². The average molecular weight is 307 g/mol. The summed E-state index contributed by atoms with van der Waals surface area (Å²) < 4.78 is 32.1. The van der Waals surface area contributed by atoms with Gasteiger partial charge in [-0.3, -0.25) is 9.69 Å². The minimum Gasteiger partial charge on any atom is -0.469 e. The van der Waals surface area contributed by atoms with Gasteiger partial charge in [0.05, 0.1) is 13.5 Å². The third kappa shape index (κ3) is 3.91. The molecular weight excluding hydrogens is 282 g/mol. The van der Waals surface area contributed by atoms with E-state index in [4.69, 9.17) is 0 Å². The molecule has 8 heteroatoms. The van der Waals surface area contributed by atoms with E-state index < -0.39 is 16.2 Å². The van der Waals surface area contributed by atoms with Gasteiger partial charge < -0.3 is 4.74 Å². The summed E-state index contributed by atoms with van der Waals surface area (Å²) in [6.07, 6.45) is 0.0589. The summed E-state index contributed by atoms with van der Waals surface area (Å²) in [5.41, 5.74) is -0.200. The van der Waals surface area contributed by atoms with Crippen molar-refractivity contribution in [3.63, 3.8) is 0 Å². The van der Waals surface area contributed by atoms with E-state index in [9.17, 15) is 13.2 Å². The van der Waals surface area contributed by atoms with Gasteiger partial charge in [-0.1, -0.05) is 0 Å². The monoisotopic (exact) mass is 307 g/mol. The van der Waals surface area contributed by atoms with Crippen molar-refractivity contribution in [2.75, 3.05) is 47.4 Å². The van der Waals surface area contributed by atoms with Crippen molar-refractivity contribution in [2.45, 2.75) is 25.8 Å². The largest absolute Gasteiger partial charge is 0.469 e. The molecule has 7 nitrogen and oxygen atoms in total. The Morgan fingerprint density at radius 2 is 1.95 bits per heavy atom. The number of ether oxygens (including phenoxy) is 1. The summed E-state index contributed by atoms with van der Waals surface area (Å²) in [7, 11) is 1.24. The normalized spacial score (nSPS) is 21.1. The van der Waals surface area contributed by atoms with Gasteiger partial charge in [-0.05, 0) is 20.9 Å². The standard InChI is InChI=1S/C12H25N3O4S/c1-12(2)10-15(9-8-13(12)3)20(17,18)14(4)7-6-11(16)19-5/h6-10H2,1-5H3. The summed E-state index contributed by atoms with van der Waals surface area (Å²) >= 11 is 0. The molecule has 0 atom stereocenters. The molecule has 0 aromatic carbocycles. The lowest BCUT2D eigenvalue weighted by molar-refractivity contribution is -0.140. The second kappa shape index (κ2) is 6.38. The van der Waals surface area contributed by atoms with Gasteiger partial charge in [0, 0.05) is 38.8 Å². The Morgan fingerprint density at radius 1 is 1.35 bits per heavy atom. The maximum Gasteiger partial charge on any atom is 0.306 e. The van der Waals surface area contributed by atoms with Crippen LogP contribution in [0, 0.1) is 0 Å². The van der Waals surface area contributed by atoms with Crippen LogP contribution in [0.3, 0.4) is 0 Å². The zero-order chi connectivity index (χ0) is 15.6. The predicted molar refractivity (Wildman–Crippen MR) is 76.5 cm³/mol. The number of rotatable bonds is 5. The molecule has 1 rings (SSSR count). The quantitative estimate of drug-likeness (QED) is 0.655. The van der Waals surface area contributed by atoms with Crippen LogP contribution in [0.5, 0.6) is 0 Å². The molecule has 1 aliphatic rings. The van der Waals surface area contributed by atoms with E-state index in [1.807, 2.05) is 20.9 Å². The van der Waals surface area contributed by atoms with Gasteiger partial charge in [-0.15, -0.1) is 0 Å². The zero-order valence-corrected chi connectivity index (χ0v) is 13.7. The lowest BCUT2D eigenvalue weighted by Gasteiger charge is -2.45. The fraction of sp³-hybridized carbons (Fsp3) is 0.917. The van der Waals surface area contributed by atoms with Crippen LogP contribution in [-0.4, -0.2) is 80.8 Å². The van der Waals surface area contributed by atoms with Gasteiger partial charge in [-0.2, -0.15) is 17.0 Å². The van der Waals surface area contributed by atoms with Crippen LogP contribution in [0.25, 0.3) is 0 Å². The molecule has 0 aliphatic carbocycles. The van der Waals surface area contributed by atoms with Gasteiger partial charge in [0.1, 0.15) is 0 Å². The molecule has 0 aromatic rings. The van der Waals surface area contributed by atoms with Gasteiger partial charge >= 0.3 is 5.97 Å². The van der Waals surface area contributed by atoms with Crippen LogP contribution in [-0.2, 0) is 19.7 Å². The molecule has 0 amide bonds. The summed E-state index contributed by atoms with van der Waals surface area (Å²) in [5.74, 6) is -0.411. The molecule has 1 aliphatic heterocycles. The minimum atomic E-state index is -3.53. The highest BCUT2D eigenvalue weighted by Crippen LogP contribution is 2.22. The van der Waals surface area contributed by atoms with Crippen molar-refractivity contribution in [3.05, 3.63) is 0 Å². The number of likely N-dealkylation sites (N-methyl/N-ethyl adjacent to an activating group) is 1. The lowest BCUT2D eigenvalue weighted by Crippen LogP contribution is -2.60. The number of piperazine rings is 1. The van der Waals surface area contributed by atoms with Crippen molar-refractivity contribution in [2.24, 2.45) is 0 Å². The Kier molecular flexibility index (Phi) is 5.54. The molecule has 0 bridgehead atoms. The van der Waals surface area contributed by atoms with Crippen molar-refractivity contribution in [1.82, 2.24) is 13.5 Å². The van der Waals surface area contributed by atoms with E-state index in [2.05, 4.69) is 9.64 Å². The molecule has 0 saturated carbocycles. The van der Waals surface area contributed by atoms with Crippen LogP contribution >= 0.6 is 0 Å². The third-order valence-corrected chi connectivity index (χ3v) is 5.79. The first kappa shape index (κ1) is 17.4. The Bertz CT molecular complexity index is 450. The smallest absolute Gasteiger partial charge is 0.306 e. The molecule has 118 valence electrons. The maximum absolute atomic E-state index is 12.5. The molecular formula is C12H25N3O4S. The fourth-order valence-corrected chi connectivity index (χ4v) is 3.56. The Morgan fingerprint density at radius 3 is 2.45 bits per heavy atom. The number of carbonyl (C=O) groups is 1. The molecule has 0 spiro atoms. The van der Waals surface area contributed by atoms with Gasteiger partial charge in [0.2, 0.25) is 0 Å². The fourth-order valence-electron chi connectivity index (χ4n) is 2.06. The van der Waals surface area contributed by atoms with Crippen molar-refractivity contribution in [1.29, 1.82) is 0 Å². The summed E-state index contributed by atoms with van der Waals surface area (Å²) in [5, 5.41) is 0. The molecule has 0 aromatic heterocycles. The number of methoxy groups -OCH3 is 1. The van der Waals surface area contributed by atoms with Crippen LogP contribution in [0.2, 0.25) is 0 Å². The van der Waals surface area contributed by atoms with E-state index in [1.54, 1.807) is 0 Å². The Hall–Kier alpha value is -0.700. The van der Waals surface area contributed by atoms with Gasteiger partial charge in [0.25, 0.3) is 10.2 Å². The van der Waals surface area contributed by atoms with E-state index in [0.717, 1.165) is 0 Å². The van der Waals surface area contributed by atoms with E-state index in [1.165, 1.54) is 22.8 Å². The minimum absolute atomic E-state index is 0.0589. The second-order valence-corrected chi connectivity index (χ2v) is 7.76. The number of esters is 1. The Labute approximate surface area is 121 Å². The van der Waals surface area contributed by atoms with E-state index in [0.29, 0.717) is 19.6 Å². The second-order valence-electron chi connectivity index (χ2n) is 5.72. The number of carbonyl (C=O) groups excluding carboxylic acids is 1. The first-order valence-corrected chi connectivity index (χ1v) is 8.00. The van der Waals surface area contributed by atoms with Crippen molar-refractivity contribution >= 4 is 16.2 Å². The highest BCUT2D eigenvalue weighted by molar-refractivity contribution is 7.86. The maximum atomic E-state index is 12.5. The first-order valence-electron chi connectivity index (χ1n) is 6.61. The van der Waals surface area contributed by atoms with Crippen LogP contribution in [0.15, 0.2) is 0 Å². The summed E-state index contributed by atoms with van der Waals surface area (Å²) in [6, 6.07) is 0. The predicted octanol–water partition coefficient (Wildman–Crippen LogP) is -0.248. The SMILES string of the molecule is COC(=O)CCN(C)S(=O)(=O)N1CCN(C)C(C)(C)C1.